The molecule has 39 heavy (non-hydrogen) atoms. The molecule has 1 aliphatic heterocycles. The minimum Gasteiger partial charge on any atom is -0.375 e. The summed E-state index contributed by atoms with van der Waals surface area (Å²) in [5, 5.41) is 7.10. The van der Waals surface area contributed by atoms with Gasteiger partial charge >= 0.3 is 0 Å². The smallest absolute Gasteiger partial charge is 0.250 e. The van der Waals surface area contributed by atoms with Crippen LogP contribution in [0.5, 0.6) is 0 Å². The number of hydrogen-bond donors (Lipinski definition) is 2. The van der Waals surface area contributed by atoms with E-state index < -0.39 is 0 Å². The lowest BCUT2D eigenvalue weighted by atomic mass is 9.96. The molecule has 0 spiro atoms. The second kappa shape index (κ2) is 11.0. The van der Waals surface area contributed by atoms with Crippen molar-refractivity contribution in [2.45, 2.75) is 39.8 Å². The first-order valence-corrected chi connectivity index (χ1v) is 13.3. The Kier molecular flexibility index (Phi) is 7.50. The van der Waals surface area contributed by atoms with Crippen LogP contribution in [0.1, 0.15) is 45.9 Å². The van der Waals surface area contributed by atoms with Crippen molar-refractivity contribution < 1.29 is 9.53 Å². The lowest BCUT2D eigenvalue weighted by molar-refractivity contribution is -0.119. The summed E-state index contributed by atoms with van der Waals surface area (Å²) in [5.74, 6) is -0.191. The van der Waals surface area contributed by atoms with E-state index in [2.05, 4.69) is 77.3 Å². The molecule has 8 heteroatoms. The molecule has 1 fully saturated rings. The minimum atomic E-state index is -0.191. The Balaban J connectivity index is 1.60. The fraction of sp³-hybridized carbons (Fsp3) is 0.258. The number of benzene rings is 2. The Morgan fingerprint density at radius 1 is 1.03 bits per heavy atom. The summed E-state index contributed by atoms with van der Waals surface area (Å²) >= 11 is 5.94. The lowest BCUT2D eigenvalue weighted by Gasteiger charge is -2.29. The van der Waals surface area contributed by atoms with E-state index in [-0.39, 0.29) is 24.6 Å². The van der Waals surface area contributed by atoms with Crippen molar-refractivity contribution in [2.75, 3.05) is 23.9 Å². The second-order valence-electron chi connectivity index (χ2n) is 9.97. The molecule has 1 amide bonds. The molecule has 2 aromatic carbocycles. The molecule has 1 aliphatic rings. The summed E-state index contributed by atoms with van der Waals surface area (Å²) in [6.45, 7) is 8.38. The van der Waals surface area contributed by atoms with Crippen molar-refractivity contribution in [1.29, 1.82) is 0 Å². The monoisotopic (exact) mass is 539 g/mol. The van der Waals surface area contributed by atoms with Gasteiger partial charge in [-0.15, -0.1) is 0 Å². The quantitative estimate of drug-likeness (QED) is 0.286. The van der Waals surface area contributed by atoms with Crippen LogP contribution >= 0.6 is 12.2 Å². The molecule has 5 rings (SSSR count). The highest BCUT2D eigenvalue weighted by atomic mass is 32.1. The summed E-state index contributed by atoms with van der Waals surface area (Å²) in [6, 6.07) is 22.5. The van der Waals surface area contributed by atoms with Gasteiger partial charge in [0.15, 0.2) is 5.11 Å². The molecule has 1 saturated heterocycles. The highest BCUT2D eigenvalue weighted by Crippen LogP contribution is 2.44. The Bertz CT molecular complexity index is 1510. The molecule has 0 bridgehead atoms. The van der Waals surface area contributed by atoms with Crippen molar-refractivity contribution in [2.24, 2.45) is 0 Å². The van der Waals surface area contributed by atoms with Crippen molar-refractivity contribution in [3.63, 3.8) is 0 Å². The average Bonchev–Trinajstić information content (AvgIpc) is 3.41. The molecule has 3 heterocycles. The largest absolute Gasteiger partial charge is 0.375 e. The molecule has 200 valence electrons. The molecular weight excluding hydrogens is 506 g/mol. The van der Waals surface area contributed by atoms with Gasteiger partial charge in [-0.25, -0.2) is 0 Å². The van der Waals surface area contributed by atoms with Gasteiger partial charge in [0.2, 0.25) is 5.91 Å². The van der Waals surface area contributed by atoms with Gasteiger partial charge in [0.25, 0.3) is 0 Å². The maximum Gasteiger partial charge on any atom is 0.250 e. The fourth-order valence-corrected chi connectivity index (χ4v) is 5.73. The number of rotatable bonds is 7. The number of methoxy groups -OCH3 is 1. The van der Waals surface area contributed by atoms with E-state index in [1.807, 2.05) is 43.5 Å². The Hall–Kier alpha value is -4.01. The average molecular weight is 540 g/mol. The number of amides is 1. The number of pyridine rings is 1. The molecule has 0 radical (unpaired) electrons. The fourth-order valence-electron chi connectivity index (χ4n) is 5.38. The standard InChI is InChI=1S/C31H33N5O2S/c1-19-9-11-23(12-10-19)35-21(3)17-25(22(35)4)30-29(27-8-6-7-15-32-27)34-31(39)36(30)24-13-14-26(20(2)16-24)33-28(37)18-38-5/h6-17,29-30H,18H2,1-5H3,(H,33,37)(H,34,39)/t29-,30+/m1/s1. The van der Waals surface area contributed by atoms with E-state index in [9.17, 15) is 4.79 Å². The first kappa shape index (κ1) is 26.6. The topological polar surface area (TPSA) is 71.4 Å². The number of aryl methyl sites for hydroxylation is 3. The molecular formula is C31H33N5O2S. The van der Waals surface area contributed by atoms with Gasteiger partial charge in [0.1, 0.15) is 6.61 Å². The van der Waals surface area contributed by atoms with Crippen LogP contribution in [0.4, 0.5) is 11.4 Å². The maximum atomic E-state index is 12.1. The zero-order valence-electron chi connectivity index (χ0n) is 22.9. The molecule has 0 aliphatic carbocycles. The Morgan fingerprint density at radius 2 is 1.77 bits per heavy atom. The van der Waals surface area contributed by atoms with E-state index in [1.165, 1.54) is 18.2 Å². The lowest BCUT2D eigenvalue weighted by Crippen LogP contribution is -2.29. The predicted octanol–water partition coefficient (Wildman–Crippen LogP) is 5.87. The van der Waals surface area contributed by atoms with Crippen LogP contribution in [0, 0.1) is 27.7 Å². The Labute approximate surface area is 234 Å². The first-order valence-electron chi connectivity index (χ1n) is 12.9. The number of nitrogens with one attached hydrogen (secondary N) is 2. The van der Waals surface area contributed by atoms with Crippen molar-refractivity contribution in [3.8, 4) is 5.69 Å². The van der Waals surface area contributed by atoms with Crippen LogP contribution in [0.25, 0.3) is 5.69 Å². The number of anilines is 2. The van der Waals surface area contributed by atoms with Crippen molar-refractivity contribution in [3.05, 3.63) is 107 Å². The van der Waals surface area contributed by atoms with Crippen LogP contribution in [-0.2, 0) is 9.53 Å². The van der Waals surface area contributed by atoms with Gasteiger partial charge in [-0.05, 0) is 99.6 Å². The van der Waals surface area contributed by atoms with Crippen molar-refractivity contribution in [1.82, 2.24) is 14.9 Å². The summed E-state index contributed by atoms with van der Waals surface area (Å²) < 4.78 is 7.25. The van der Waals surface area contributed by atoms with E-state index >= 15 is 0 Å². The third kappa shape index (κ3) is 5.17. The third-order valence-corrected chi connectivity index (χ3v) is 7.53. The molecule has 0 unspecified atom stereocenters. The molecule has 2 atom stereocenters. The second-order valence-corrected chi connectivity index (χ2v) is 10.4. The van der Waals surface area contributed by atoms with Crippen LogP contribution < -0.4 is 15.5 Å². The van der Waals surface area contributed by atoms with E-state index in [0.717, 1.165) is 39.7 Å². The molecule has 2 N–H and O–H groups in total. The SMILES string of the molecule is COCC(=O)Nc1ccc(N2C(=S)N[C@H](c3ccccn3)[C@@H]2c2cc(C)n(-c3ccc(C)cc3)c2C)cc1C. The number of aromatic nitrogens is 2. The number of hydrogen-bond acceptors (Lipinski definition) is 4. The molecule has 2 aromatic heterocycles. The molecule has 4 aromatic rings. The van der Waals surface area contributed by atoms with Crippen molar-refractivity contribution >= 4 is 34.6 Å². The van der Waals surface area contributed by atoms with Gasteiger partial charge in [-0.3, -0.25) is 9.78 Å². The highest BCUT2D eigenvalue weighted by Gasteiger charge is 2.42. The zero-order valence-corrected chi connectivity index (χ0v) is 23.7. The summed E-state index contributed by atoms with van der Waals surface area (Å²) in [7, 11) is 1.50. The normalized spacial score (nSPS) is 16.8. The minimum absolute atomic E-state index is 0.00571. The number of carbonyl (C=O) groups is 1. The van der Waals surface area contributed by atoms with E-state index in [0.29, 0.717) is 5.11 Å². The van der Waals surface area contributed by atoms with Gasteiger partial charge in [0, 0.05) is 41.8 Å². The molecule has 0 saturated carbocycles. The third-order valence-electron chi connectivity index (χ3n) is 7.22. The summed E-state index contributed by atoms with van der Waals surface area (Å²) in [6.07, 6.45) is 1.82. The van der Waals surface area contributed by atoms with Gasteiger partial charge in [-0.2, -0.15) is 0 Å². The summed E-state index contributed by atoms with van der Waals surface area (Å²) in [5.41, 5.74) is 9.38. The van der Waals surface area contributed by atoms with E-state index in [1.54, 1.807) is 0 Å². The predicted molar refractivity (Wildman–Crippen MR) is 160 cm³/mol. The zero-order chi connectivity index (χ0) is 27.7. The maximum absolute atomic E-state index is 12.1. The van der Waals surface area contributed by atoms with E-state index in [4.69, 9.17) is 21.9 Å². The van der Waals surface area contributed by atoms with Crippen LogP contribution in [0.3, 0.4) is 0 Å². The van der Waals surface area contributed by atoms with Gasteiger partial charge in [-0.1, -0.05) is 23.8 Å². The van der Waals surface area contributed by atoms with Gasteiger partial charge < -0.3 is 24.8 Å². The number of nitrogens with zero attached hydrogens (tertiary/aromatic N) is 3. The number of carbonyl (C=O) groups excluding carboxylic acids is 1. The van der Waals surface area contributed by atoms with Gasteiger partial charge in [0.05, 0.1) is 17.8 Å². The van der Waals surface area contributed by atoms with Crippen LogP contribution in [-0.4, -0.2) is 34.3 Å². The first-order chi connectivity index (χ1) is 18.8. The van der Waals surface area contributed by atoms with Crippen LogP contribution in [0.2, 0.25) is 0 Å². The Morgan fingerprint density at radius 3 is 2.44 bits per heavy atom. The number of ether oxygens (including phenoxy) is 1. The highest BCUT2D eigenvalue weighted by molar-refractivity contribution is 7.80. The molecule has 7 nitrogen and oxygen atoms in total. The number of thiocarbonyl (C=S) groups is 1. The van der Waals surface area contributed by atoms with Crippen LogP contribution in [0.15, 0.2) is 72.9 Å². The summed E-state index contributed by atoms with van der Waals surface area (Å²) in [4.78, 5) is 19.0.